The highest BCUT2D eigenvalue weighted by atomic mass is 127. The molecule has 1 aromatic rings. The van der Waals surface area contributed by atoms with E-state index >= 15 is 0 Å². The molecule has 0 radical (unpaired) electrons. The first-order valence-electron chi connectivity index (χ1n) is 10.3. The van der Waals surface area contributed by atoms with Crippen LogP contribution in [-0.4, -0.2) is 80.3 Å². The van der Waals surface area contributed by atoms with Crippen LogP contribution >= 0.6 is 24.0 Å². The predicted molar refractivity (Wildman–Crippen MR) is 124 cm³/mol. The minimum Gasteiger partial charge on any atom is -0.491 e. The molecule has 2 aliphatic heterocycles. The largest absolute Gasteiger partial charge is 0.491 e. The topological polar surface area (TPSA) is 75.6 Å². The van der Waals surface area contributed by atoms with Crippen LogP contribution in [0.15, 0.2) is 29.3 Å². The number of ether oxygens (including phenoxy) is 3. The number of nitrogens with zero attached hydrogens (tertiary/aromatic N) is 2. The van der Waals surface area contributed by atoms with Crippen molar-refractivity contribution in [3.05, 3.63) is 29.8 Å². The van der Waals surface area contributed by atoms with Gasteiger partial charge < -0.3 is 29.5 Å². The van der Waals surface area contributed by atoms with Gasteiger partial charge in [-0.2, -0.15) is 0 Å². The van der Waals surface area contributed by atoms with Gasteiger partial charge in [0.05, 0.1) is 19.3 Å². The highest BCUT2D eigenvalue weighted by Gasteiger charge is 2.32. The number of hydrogen-bond donors (Lipinski definition) is 2. The summed E-state index contributed by atoms with van der Waals surface area (Å²) in [4.78, 5) is 6.83. The van der Waals surface area contributed by atoms with E-state index in [9.17, 15) is 5.11 Å². The number of benzene rings is 1. The minimum absolute atomic E-state index is 0. The van der Waals surface area contributed by atoms with E-state index < -0.39 is 6.10 Å². The lowest BCUT2D eigenvalue weighted by Gasteiger charge is -2.37. The number of rotatable bonds is 7. The van der Waals surface area contributed by atoms with Crippen LogP contribution in [0.5, 0.6) is 5.75 Å². The lowest BCUT2D eigenvalue weighted by atomic mass is 10.1. The van der Waals surface area contributed by atoms with Gasteiger partial charge in [0, 0.05) is 26.2 Å². The van der Waals surface area contributed by atoms with Crippen molar-refractivity contribution in [2.75, 3.05) is 46.0 Å². The minimum atomic E-state index is -0.663. The molecule has 2 N–H and O–H groups in total. The number of nitrogens with one attached hydrogen (secondary N) is 1. The lowest BCUT2D eigenvalue weighted by molar-refractivity contribution is -0.0817. The van der Waals surface area contributed by atoms with Crippen molar-refractivity contribution < 1.29 is 19.3 Å². The number of hydrogen-bond acceptors (Lipinski definition) is 5. The number of aliphatic imine (C=N–C) groups is 1. The van der Waals surface area contributed by atoms with Crippen molar-refractivity contribution in [3.63, 3.8) is 0 Å². The van der Waals surface area contributed by atoms with Crippen LogP contribution in [0.4, 0.5) is 0 Å². The molecule has 0 saturated carbocycles. The summed E-state index contributed by atoms with van der Waals surface area (Å²) in [6, 6.07) is 7.81. The number of aryl methyl sites for hydroxylation is 1. The molecule has 0 spiro atoms. The summed E-state index contributed by atoms with van der Waals surface area (Å²) in [5.74, 6) is 1.57. The van der Waals surface area contributed by atoms with Crippen LogP contribution in [0, 0.1) is 6.92 Å². The van der Waals surface area contributed by atoms with Crippen LogP contribution in [0.3, 0.4) is 0 Å². The first kappa shape index (κ1) is 24.2. The maximum absolute atomic E-state index is 10.3. The molecule has 2 aliphatic rings. The fraction of sp³-hybridized carbons (Fsp3) is 0.667. The quantitative estimate of drug-likeness (QED) is 0.327. The van der Waals surface area contributed by atoms with Crippen molar-refractivity contribution in [3.8, 4) is 5.75 Å². The van der Waals surface area contributed by atoms with E-state index in [1.54, 1.807) is 0 Å². The average molecular weight is 519 g/mol. The van der Waals surface area contributed by atoms with Gasteiger partial charge in [0.2, 0.25) is 0 Å². The molecular weight excluding hydrogens is 485 g/mol. The smallest absolute Gasteiger partial charge is 0.194 e. The van der Waals surface area contributed by atoms with Gasteiger partial charge >= 0.3 is 0 Å². The molecule has 0 aromatic heterocycles. The molecule has 0 bridgehead atoms. The maximum atomic E-state index is 10.3. The van der Waals surface area contributed by atoms with E-state index in [4.69, 9.17) is 14.2 Å². The number of morpholine rings is 1. The predicted octanol–water partition coefficient (Wildman–Crippen LogP) is 2.20. The number of aliphatic hydroxyl groups is 1. The van der Waals surface area contributed by atoms with Gasteiger partial charge in [0.1, 0.15) is 24.6 Å². The third-order valence-corrected chi connectivity index (χ3v) is 4.99. The molecule has 3 unspecified atom stereocenters. The Morgan fingerprint density at radius 3 is 2.90 bits per heavy atom. The maximum Gasteiger partial charge on any atom is 0.194 e. The van der Waals surface area contributed by atoms with Crippen LogP contribution in [0.25, 0.3) is 0 Å². The molecule has 0 amide bonds. The molecule has 8 heteroatoms. The molecule has 3 rings (SSSR count). The fourth-order valence-electron chi connectivity index (χ4n) is 3.56. The van der Waals surface area contributed by atoms with Crippen molar-refractivity contribution in [2.24, 2.45) is 4.99 Å². The second kappa shape index (κ2) is 12.6. The van der Waals surface area contributed by atoms with Gasteiger partial charge in [-0.25, -0.2) is 0 Å². The van der Waals surface area contributed by atoms with Crippen LogP contribution in [-0.2, 0) is 9.47 Å². The summed E-state index contributed by atoms with van der Waals surface area (Å²) in [6.07, 6.45) is 1.75. The van der Waals surface area contributed by atoms with Gasteiger partial charge in [0.15, 0.2) is 5.96 Å². The molecule has 2 fully saturated rings. The first-order chi connectivity index (χ1) is 13.7. The number of guanidine groups is 1. The van der Waals surface area contributed by atoms with Gasteiger partial charge in [-0.3, -0.25) is 4.99 Å². The van der Waals surface area contributed by atoms with Gasteiger partial charge in [-0.1, -0.05) is 12.1 Å². The van der Waals surface area contributed by atoms with Crippen molar-refractivity contribution in [1.29, 1.82) is 0 Å². The number of halogens is 1. The van der Waals surface area contributed by atoms with E-state index in [0.717, 1.165) is 56.4 Å². The van der Waals surface area contributed by atoms with Gasteiger partial charge in [-0.15, -0.1) is 24.0 Å². The first-order valence-corrected chi connectivity index (χ1v) is 10.3. The molecular formula is C21H34IN3O4. The summed E-state index contributed by atoms with van der Waals surface area (Å²) in [5, 5.41) is 13.6. The molecule has 2 saturated heterocycles. The molecule has 1 aromatic carbocycles. The summed E-state index contributed by atoms with van der Waals surface area (Å²) in [7, 11) is 0. The zero-order chi connectivity index (χ0) is 19.8. The SMILES string of the molecule is CCNC(=NCC(O)COc1cccc(C)c1)N1CCOC(C2CCCO2)C1.I. The Kier molecular flexibility index (Phi) is 10.5. The van der Waals surface area contributed by atoms with E-state index in [0.29, 0.717) is 6.61 Å². The monoisotopic (exact) mass is 519 g/mol. The van der Waals surface area contributed by atoms with Gasteiger partial charge in [-0.05, 0) is 44.4 Å². The van der Waals surface area contributed by atoms with Crippen LogP contribution in [0.1, 0.15) is 25.3 Å². The third kappa shape index (κ3) is 7.58. The van der Waals surface area contributed by atoms with E-state index in [1.807, 2.05) is 38.1 Å². The Labute approximate surface area is 190 Å². The summed E-state index contributed by atoms with van der Waals surface area (Å²) in [6.45, 7) is 8.37. The lowest BCUT2D eigenvalue weighted by Crippen LogP contribution is -2.53. The Balaban J connectivity index is 0.00000300. The standard InChI is InChI=1S/C21H33N3O4.HI/c1-3-22-21(24-9-11-27-20(14-24)19-8-5-10-26-19)23-13-17(25)15-28-18-7-4-6-16(2)12-18;/h4,6-7,12,17,19-20,25H,3,5,8-11,13-15H2,1-2H3,(H,22,23);1H. The second-order valence-electron chi connectivity index (χ2n) is 7.38. The molecule has 2 heterocycles. The second-order valence-corrected chi connectivity index (χ2v) is 7.38. The molecule has 7 nitrogen and oxygen atoms in total. The Hall–Kier alpha value is -1.10. The van der Waals surface area contributed by atoms with Gasteiger partial charge in [0.25, 0.3) is 0 Å². The van der Waals surface area contributed by atoms with Crippen molar-refractivity contribution in [2.45, 2.75) is 45.0 Å². The van der Waals surface area contributed by atoms with Crippen LogP contribution in [0.2, 0.25) is 0 Å². The van der Waals surface area contributed by atoms with E-state index in [2.05, 4.69) is 15.2 Å². The normalized spacial score (nSPS) is 23.4. The van der Waals surface area contributed by atoms with Crippen molar-refractivity contribution >= 4 is 29.9 Å². The van der Waals surface area contributed by atoms with Crippen molar-refractivity contribution in [1.82, 2.24) is 10.2 Å². The van der Waals surface area contributed by atoms with E-state index in [-0.39, 0.29) is 49.3 Å². The Morgan fingerprint density at radius 2 is 2.17 bits per heavy atom. The highest BCUT2D eigenvalue weighted by Crippen LogP contribution is 2.21. The molecule has 164 valence electrons. The van der Waals surface area contributed by atoms with Crippen LogP contribution < -0.4 is 10.1 Å². The third-order valence-electron chi connectivity index (χ3n) is 4.99. The number of aliphatic hydroxyl groups excluding tert-OH is 1. The summed E-state index contributed by atoms with van der Waals surface area (Å²) in [5.41, 5.74) is 1.13. The molecule has 29 heavy (non-hydrogen) atoms. The molecule has 3 atom stereocenters. The molecule has 0 aliphatic carbocycles. The van der Waals surface area contributed by atoms with E-state index in [1.165, 1.54) is 0 Å². The highest BCUT2D eigenvalue weighted by molar-refractivity contribution is 14.0. The Bertz CT molecular complexity index is 640. The zero-order valence-electron chi connectivity index (χ0n) is 17.4. The fourth-order valence-corrected chi connectivity index (χ4v) is 3.56. The summed E-state index contributed by atoms with van der Waals surface area (Å²) < 4.78 is 17.4. The zero-order valence-corrected chi connectivity index (χ0v) is 19.7. The Morgan fingerprint density at radius 1 is 1.34 bits per heavy atom. The average Bonchev–Trinajstić information content (AvgIpc) is 3.25. The summed E-state index contributed by atoms with van der Waals surface area (Å²) >= 11 is 0.